The van der Waals surface area contributed by atoms with Gasteiger partial charge in [-0.15, -0.1) is 0 Å². The van der Waals surface area contributed by atoms with Crippen LogP contribution < -0.4 is 19.7 Å². The van der Waals surface area contributed by atoms with Gasteiger partial charge in [0, 0.05) is 22.9 Å². The first-order valence-electron chi connectivity index (χ1n) is 9.10. The van der Waals surface area contributed by atoms with Crippen LogP contribution in [0.1, 0.15) is 27.7 Å². The van der Waals surface area contributed by atoms with Gasteiger partial charge in [-0.2, -0.15) is 0 Å². The summed E-state index contributed by atoms with van der Waals surface area (Å²) in [6.45, 7) is 2.01. The standard InChI is InChI=1S/C23H22N2O3/c1-15-8-4-7-11-20(15)25-22(17-9-5-6-10-18(17)23(25)26)24-19-14-16(27-2)12-13-21(19)28-3/h4-14,22,24H,1-3H3/t22-/m0/s1. The molecule has 0 aromatic heterocycles. The first-order chi connectivity index (χ1) is 13.6. The SMILES string of the molecule is COc1ccc(OC)c(N[C@@H]2c3ccccc3C(=O)N2c2ccccc2C)c1. The van der Waals surface area contributed by atoms with Crippen LogP contribution in [0.3, 0.4) is 0 Å². The minimum absolute atomic E-state index is 0.0238. The first-order valence-corrected chi connectivity index (χ1v) is 9.10. The van der Waals surface area contributed by atoms with E-state index in [9.17, 15) is 4.79 Å². The average molecular weight is 374 g/mol. The monoisotopic (exact) mass is 374 g/mol. The van der Waals surface area contributed by atoms with Crippen molar-refractivity contribution in [3.05, 3.63) is 83.4 Å². The molecule has 28 heavy (non-hydrogen) atoms. The number of carbonyl (C=O) groups is 1. The molecule has 3 aromatic rings. The Morgan fingerprint density at radius 1 is 0.929 bits per heavy atom. The summed E-state index contributed by atoms with van der Waals surface area (Å²) in [4.78, 5) is 15.1. The summed E-state index contributed by atoms with van der Waals surface area (Å²) in [5, 5.41) is 3.50. The van der Waals surface area contributed by atoms with Gasteiger partial charge in [0.25, 0.3) is 5.91 Å². The molecule has 5 nitrogen and oxygen atoms in total. The molecule has 0 saturated heterocycles. The molecule has 5 heteroatoms. The molecule has 0 spiro atoms. The molecule has 1 atom stereocenters. The van der Waals surface area contributed by atoms with Gasteiger partial charge in [-0.1, -0.05) is 36.4 Å². The van der Waals surface area contributed by atoms with Crippen molar-refractivity contribution >= 4 is 17.3 Å². The van der Waals surface area contributed by atoms with Crippen LogP contribution in [0.4, 0.5) is 11.4 Å². The predicted octanol–water partition coefficient (Wildman–Crippen LogP) is 4.78. The molecular weight excluding hydrogens is 352 g/mol. The highest BCUT2D eigenvalue weighted by Crippen LogP contribution is 2.41. The summed E-state index contributed by atoms with van der Waals surface area (Å²) in [5.74, 6) is 1.37. The Morgan fingerprint density at radius 3 is 2.43 bits per heavy atom. The minimum Gasteiger partial charge on any atom is -0.497 e. The van der Waals surface area contributed by atoms with E-state index in [1.807, 2.05) is 73.7 Å². The number of methoxy groups -OCH3 is 2. The molecule has 1 amide bonds. The van der Waals surface area contributed by atoms with Crippen molar-refractivity contribution in [2.45, 2.75) is 13.1 Å². The van der Waals surface area contributed by atoms with Crippen LogP contribution in [0.15, 0.2) is 66.7 Å². The third-order valence-corrected chi connectivity index (χ3v) is 5.04. The highest BCUT2D eigenvalue weighted by molar-refractivity contribution is 6.11. The molecule has 0 bridgehead atoms. The van der Waals surface area contributed by atoms with E-state index in [0.717, 1.165) is 22.5 Å². The second kappa shape index (κ2) is 7.27. The van der Waals surface area contributed by atoms with Crippen LogP contribution in [0, 0.1) is 6.92 Å². The Morgan fingerprint density at radius 2 is 1.68 bits per heavy atom. The molecule has 1 heterocycles. The third kappa shape index (κ3) is 2.95. The number of carbonyl (C=O) groups excluding carboxylic acids is 1. The van der Waals surface area contributed by atoms with E-state index < -0.39 is 0 Å². The van der Waals surface area contributed by atoms with Crippen LogP contribution in [0.25, 0.3) is 0 Å². The van der Waals surface area contributed by atoms with Crippen molar-refractivity contribution in [1.82, 2.24) is 0 Å². The van der Waals surface area contributed by atoms with Crippen molar-refractivity contribution in [2.75, 3.05) is 24.4 Å². The zero-order valence-corrected chi connectivity index (χ0v) is 16.1. The number of benzene rings is 3. The maximum absolute atomic E-state index is 13.3. The van der Waals surface area contributed by atoms with E-state index in [-0.39, 0.29) is 12.1 Å². The summed E-state index contributed by atoms with van der Waals surface area (Å²) in [6, 6.07) is 21.2. The number of nitrogens with one attached hydrogen (secondary N) is 1. The fourth-order valence-electron chi connectivity index (χ4n) is 3.61. The molecular formula is C23H22N2O3. The number of amides is 1. The average Bonchev–Trinajstić information content (AvgIpc) is 3.00. The molecule has 0 unspecified atom stereocenters. The van der Waals surface area contributed by atoms with Crippen LogP contribution in [0.5, 0.6) is 11.5 Å². The topological polar surface area (TPSA) is 50.8 Å². The number of aryl methyl sites for hydroxylation is 1. The molecule has 1 aliphatic rings. The number of para-hydroxylation sites is 1. The molecule has 0 aliphatic carbocycles. The van der Waals surface area contributed by atoms with E-state index in [2.05, 4.69) is 5.32 Å². The Balaban J connectivity index is 1.83. The Kier molecular flexibility index (Phi) is 4.65. The van der Waals surface area contributed by atoms with Crippen molar-refractivity contribution < 1.29 is 14.3 Å². The summed E-state index contributed by atoms with van der Waals surface area (Å²) in [6.07, 6.45) is -0.356. The van der Waals surface area contributed by atoms with E-state index in [1.165, 1.54) is 0 Å². The van der Waals surface area contributed by atoms with Gasteiger partial charge in [-0.25, -0.2) is 0 Å². The van der Waals surface area contributed by atoms with Crippen molar-refractivity contribution in [3.63, 3.8) is 0 Å². The van der Waals surface area contributed by atoms with Gasteiger partial charge in [0.1, 0.15) is 17.7 Å². The fourth-order valence-corrected chi connectivity index (χ4v) is 3.61. The van der Waals surface area contributed by atoms with Gasteiger partial charge in [0.15, 0.2) is 0 Å². The molecule has 0 fully saturated rings. The lowest BCUT2D eigenvalue weighted by molar-refractivity contribution is 0.0992. The number of anilines is 2. The number of rotatable bonds is 5. The Labute approximate surface area is 164 Å². The van der Waals surface area contributed by atoms with Crippen molar-refractivity contribution in [1.29, 1.82) is 0 Å². The highest BCUT2D eigenvalue weighted by Gasteiger charge is 2.38. The lowest BCUT2D eigenvalue weighted by Crippen LogP contribution is -2.32. The smallest absolute Gasteiger partial charge is 0.260 e. The normalized spacial score (nSPS) is 15.3. The maximum Gasteiger partial charge on any atom is 0.260 e. The molecule has 4 rings (SSSR count). The summed E-state index contributed by atoms with van der Waals surface area (Å²) >= 11 is 0. The maximum atomic E-state index is 13.3. The first kappa shape index (κ1) is 17.9. The fraction of sp³-hybridized carbons (Fsp3) is 0.174. The van der Waals surface area contributed by atoms with Gasteiger partial charge in [0.05, 0.1) is 19.9 Å². The number of fused-ring (bicyclic) bond motifs is 1. The number of hydrogen-bond acceptors (Lipinski definition) is 4. The lowest BCUT2D eigenvalue weighted by Gasteiger charge is -2.29. The highest BCUT2D eigenvalue weighted by atomic mass is 16.5. The van der Waals surface area contributed by atoms with E-state index in [1.54, 1.807) is 19.1 Å². The van der Waals surface area contributed by atoms with Crippen LogP contribution in [0.2, 0.25) is 0 Å². The van der Waals surface area contributed by atoms with Crippen molar-refractivity contribution in [2.24, 2.45) is 0 Å². The molecule has 1 aliphatic heterocycles. The summed E-state index contributed by atoms with van der Waals surface area (Å²) in [5.41, 5.74) is 4.30. The zero-order chi connectivity index (χ0) is 19.7. The number of ether oxygens (including phenoxy) is 2. The van der Waals surface area contributed by atoms with Gasteiger partial charge < -0.3 is 14.8 Å². The minimum atomic E-state index is -0.356. The molecule has 0 saturated carbocycles. The van der Waals surface area contributed by atoms with Crippen LogP contribution in [-0.2, 0) is 0 Å². The lowest BCUT2D eigenvalue weighted by atomic mass is 10.1. The largest absolute Gasteiger partial charge is 0.497 e. The zero-order valence-electron chi connectivity index (χ0n) is 16.1. The molecule has 3 aromatic carbocycles. The van der Waals surface area contributed by atoms with Gasteiger partial charge in [-0.05, 0) is 36.8 Å². The molecule has 1 N–H and O–H groups in total. The summed E-state index contributed by atoms with van der Waals surface area (Å²) in [7, 11) is 3.25. The number of nitrogens with zero attached hydrogens (tertiary/aromatic N) is 1. The summed E-state index contributed by atoms with van der Waals surface area (Å²) < 4.78 is 10.9. The second-order valence-corrected chi connectivity index (χ2v) is 6.66. The Bertz CT molecular complexity index is 1030. The van der Waals surface area contributed by atoms with E-state index in [0.29, 0.717) is 17.1 Å². The van der Waals surface area contributed by atoms with E-state index in [4.69, 9.17) is 9.47 Å². The molecule has 142 valence electrons. The second-order valence-electron chi connectivity index (χ2n) is 6.66. The van der Waals surface area contributed by atoms with Crippen LogP contribution in [-0.4, -0.2) is 20.1 Å². The van der Waals surface area contributed by atoms with Crippen LogP contribution >= 0.6 is 0 Å². The number of hydrogen-bond donors (Lipinski definition) is 1. The van der Waals surface area contributed by atoms with Gasteiger partial charge in [-0.3, -0.25) is 9.69 Å². The Hall–Kier alpha value is -3.47. The van der Waals surface area contributed by atoms with Gasteiger partial charge >= 0.3 is 0 Å². The third-order valence-electron chi connectivity index (χ3n) is 5.04. The predicted molar refractivity (Wildman–Crippen MR) is 110 cm³/mol. The molecule has 0 radical (unpaired) electrons. The van der Waals surface area contributed by atoms with Crippen molar-refractivity contribution in [3.8, 4) is 11.5 Å². The van der Waals surface area contributed by atoms with Gasteiger partial charge in [0.2, 0.25) is 0 Å². The quantitative estimate of drug-likeness (QED) is 0.698. The van der Waals surface area contributed by atoms with E-state index >= 15 is 0 Å².